The van der Waals surface area contributed by atoms with Crippen molar-refractivity contribution in [3.8, 4) is 17.2 Å². The molecule has 5 rings (SSSR count). The van der Waals surface area contributed by atoms with Crippen molar-refractivity contribution in [2.45, 2.75) is 46.1 Å². The second-order valence-corrected chi connectivity index (χ2v) is 10.9. The maximum atomic E-state index is 13.6. The van der Waals surface area contributed by atoms with Crippen LogP contribution in [-0.4, -0.2) is 41.6 Å². The summed E-state index contributed by atoms with van der Waals surface area (Å²) in [6.07, 6.45) is 2.83. The highest BCUT2D eigenvalue weighted by atomic mass is 32.1. The van der Waals surface area contributed by atoms with E-state index in [1.165, 1.54) is 16.2 Å². The zero-order valence-electron chi connectivity index (χ0n) is 24.0. The summed E-state index contributed by atoms with van der Waals surface area (Å²) in [5, 5.41) is 11.8. The summed E-state index contributed by atoms with van der Waals surface area (Å²) < 4.78 is 17.9. The Morgan fingerprint density at radius 2 is 1.52 bits per heavy atom. The molecule has 8 nitrogen and oxygen atoms in total. The second-order valence-electron chi connectivity index (χ2n) is 9.87. The Kier molecular flexibility index (Phi) is 9.07. The van der Waals surface area contributed by atoms with Gasteiger partial charge in [-0.3, -0.25) is 14.5 Å². The fraction of sp³-hybridized carbons (Fsp3) is 0.303. The lowest BCUT2D eigenvalue weighted by molar-refractivity contribution is -0.132. The molecule has 1 aliphatic heterocycles. The summed E-state index contributed by atoms with van der Waals surface area (Å²) in [4.78, 5) is 33.3. The van der Waals surface area contributed by atoms with E-state index in [1.807, 2.05) is 56.3 Å². The number of fused-ring (bicyclic) bond motifs is 1. The average Bonchev–Trinajstić information content (AvgIpc) is 3.54. The Labute approximate surface area is 249 Å². The van der Waals surface area contributed by atoms with Crippen LogP contribution in [0, 0.1) is 0 Å². The molecule has 0 bridgehead atoms. The van der Waals surface area contributed by atoms with Crippen molar-refractivity contribution >= 4 is 44.1 Å². The number of rotatable bonds is 12. The van der Waals surface area contributed by atoms with Crippen molar-refractivity contribution in [2.24, 2.45) is 0 Å². The van der Waals surface area contributed by atoms with E-state index in [1.54, 1.807) is 24.3 Å². The maximum Gasteiger partial charge on any atom is 0.301 e. The minimum atomic E-state index is -0.891. The van der Waals surface area contributed by atoms with Crippen molar-refractivity contribution in [1.82, 2.24) is 4.98 Å². The van der Waals surface area contributed by atoms with Crippen molar-refractivity contribution in [3.05, 3.63) is 83.4 Å². The van der Waals surface area contributed by atoms with Crippen molar-refractivity contribution in [3.63, 3.8) is 0 Å². The number of thiazole rings is 1. The molecule has 9 heteroatoms. The van der Waals surface area contributed by atoms with E-state index in [2.05, 4.69) is 6.92 Å². The number of unbranched alkanes of at least 4 members (excludes halogenated alkanes) is 1. The predicted octanol–water partition coefficient (Wildman–Crippen LogP) is 7.29. The molecular weight excluding hydrogens is 552 g/mol. The van der Waals surface area contributed by atoms with Gasteiger partial charge in [0, 0.05) is 5.56 Å². The lowest BCUT2D eigenvalue weighted by atomic mass is 9.95. The van der Waals surface area contributed by atoms with Gasteiger partial charge in [0.1, 0.15) is 23.0 Å². The topological polar surface area (TPSA) is 98.2 Å². The molecule has 1 saturated heterocycles. The molecule has 0 radical (unpaired) electrons. The first-order valence-corrected chi connectivity index (χ1v) is 15.1. The van der Waals surface area contributed by atoms with Crippen LogP contribution < -0.4 is 19.1 Å². The second kappa shape index (κ2) is 13.1. The fourth-order valence-corrected chi connectivity index (χ4v) is 5.78. The number of ketones is 1. The number of hydrogen-bond acceptors (Lipinski definition) is 8. The molecule has 218 valence electrons. The first kappa shape index (κ1) is 29.1. The summed E-state index contributed by atoms with van der Waals surface area (Å²) >= 11 is 1.29. The molecule has 1 amide bonds. The van der Waals surface area contributed by atoms with Gasteiger partial charge in [0.2, 0.25) is 0 Å². The van der Waals surface area contributed by atoms with E-state index in [0.29, 0.717) is 58.8 Å². The van der Waals surface area contributed by atoms with Crippen molar-refractivity contribution < 1.29 is 28.9 Å². The van der Waals surface area contributed by atoms with E-state index in [9.17, 15) is 14.7 Å². The van der Waals surface area contributed by atoms with E-state index in [-0.39, 0.29) is 11.3 Å². The third-order valence-corrected chi connectivity index (χ3v) is 7.89. The Hall–Kier alpha value is -4.37. The van der Waals surface area contributed by atoms with Gasteiger partial charge in [0.05, 0.1) is 41.7 Å². The molecule has 3 aromatic carbocycles. The number of anilines is 1. The number of Topliss-reactive ketones (excluding diaryl/α,β-unsaturated/α-hetero) is 1. The average molecular weight is 587 g/mol. The van der Waals surface area contributed by atoms with Gasteiger partial charge in [-0.2, -0.15) is 0 Å². The molecule has 4 aromatic rings. The van der Waals surface area contributed by atoms with Gasteiger partial charge in [-0.15, -0.1) is 0 Å². The SMILES string of the molecule is CCCCOc1ccc(C2/C(=C(\O)c3ccc(OCCC)cc3)C(=O)C(=O)N2c2nc3ccc(OCC)cc3s2)cc1. The smallest absolute Gasteiger partial charge is 0.301 e. The fourth-order valence-electron chi connectivity index (χ4n) is 4.76. The molecule has 1 fully saturated rings. The molecule has 1 aromatic heterocycles. The number of hydrogen-bond donors (Lipinski definition) is 1. The monoisotopic (exact) mass is 586 g/mol. The standard InChI is InChI=1S/C33H34N2O6S/c1-4-7-19-41-24-12-8-21(9-13-24)29-28(30(36)22-10-14-23(15-11-22)40-18-5-2)31(37)32(38)35(29)33-34-26-17-16-25(39-6-3)20-27(26)42-33/h8-17,20,29,36H,4-7,18-19H2,1-3H3/b30-28+. The highest BCUT2D eigenvalue weighted by Gasteiger charge is 2.48. The number of ether oxygens (including phenoxy) is 3. The highest BCUT2D eigenvalue weighted by Crippen LogP contribution is 2.45. The lowest BCUT2D eigenvalue weighted by Gasteiger charge is -2.23. The van der Waals surface area contributed by atoms with Crippen LogP contribution in [0.4, 0.5) is 5.13 Å². The van der Waals surface area contributed by atoms with Gasteiger partial charge >= 0.3 is 5.91 Å². The van der Waals surface area contributed by atoms with Crippen LogP contribution in [0.5, 0.6) is 17.2 Å². The molecule has 2 heterocycles. The number of aliphatic hydroxyl groups excluding tert-OH is 1. The molecule has 0 aliphatic carbocycles. The lowest BCUT2D eigenvalue weighted by Crippen LogP contribution is -2.29. The van der Waals surface area contributed by atoms with Gasteiger partial charge in [-0.05, 0) is 79.9 Å². The third kappa shape index (κ3) is 5.97. The largest absolute Gasteiger partial charge is 0.507 e. The number of aliphatic hydroxyl groups is 1. The van der Waals surface area contributed by atoms with Crippen molar-refractivity contribution in [2.75, 3.05) is 24.7 Å². The molecule has 1 N–H and O–H groups in total. The van der Waals surface area contributed by atoms with Crippen LogP contribution in [0.15, 0.2) is 72.3 Å². The Balaban J connectivity index is 1.59. The summed E-state index contributed by atoms with van der Waals surface area (Å²) in [5.41, 5.74) is 1.74. The van der Waals surface area contributed by atoms with Crippen LogP contribution in [0.1, 0.15) is 57.2 Å². The summed E-state index contributed by atoms with van der Waals surface area (Å²) in [5.74, 6) is 0.258. The first-order valence-electron chi connectivity index (χ1n) is 14.3. The number of benzene rings is 3. The Morgan fingerprint density at radius 1 is 0.857 bits per heavy atom. The number of aromatic nitrogens is 1. The number of carbonyl (C=O) groups excluding carboxylic acids is 2. The van der Waals surface area contributed by atoms with Gasteiger partial charge in [0.15, 0.2) is 5.13 Å². The summed E-state index contributed by atoms with van der Waals surface area (Å²) in [7, 11) is 0. The highest BCUT2D eigenvalue weighted by molar-refractivity contribution is 7.22. The van der Waals surface area contributed by atoms with Crippen LogP contribution in [0.25, 0.3) is 16.0 Å². The molecular formula is C33H34N2O6S. The van der Waals surface area contributed by atoms with Gasteiger partial charge < -0.3 is 19.3 Å². The Bertz CT molecular complexity index is 1590. The summed E-state index contributed by atoms with van der Waals surface area (Å²) in [6, 6.07) is 18.8. The number of amides is 1. The molecule has 0 saturated carbocycles. The predicted molar refractivity (Wildman–Crippen MR) is 165 cm³/mol. The van der Waals surface area contributed by atoms with E-state index >= 15 is 0 Å². The first-order chi connectivity index (χ1) is 20.4. The van der Waals surface area contributed by atoms with Gasteiger partial charge in [-0.25, -0.2) is 4.98 Å². The van der Waals surface area contributed by atoms with Gasteiger partial charge in [-0.1, -0.05) is 43.7 Å². The number of nitrogens with zero attached hydrogens (tertiary/aromatic N) is 2. The minimum absolute atomic E-state index is 0.00357. The maximum absolute atomic E-state index is 13.6. The van der Waals surface area contributed by atoms with Crippen LogP contribution in [0.3, 0.4) is 0 Å². The quantitative estimate of drug-likeness (QED) is 0.0806. The molecule has 1 unspecified atom stereocenters. The molecule has 1 atom stereocenters. The van der Waals surface area contributed by atoms with E-state index < -0.39 is 17.7 Å². The summed E-state index contributed by atoms with van der Waals surface area (Å²) in [6.45, 7) is 7.72. The van der Waals surface area contributed by atoms with Crippen LogP contribution >= 0.6 is 11.3 Å². The zero-order valence-corrected chi connectivity index (χ0v) is 24.8. The Morgan fingerprint density at radius 3 is 2.19 bits per heavy atom. The normalized spacial score (nSPS) is 16.3. The van der Waals surface area contributed by atoms with E-state index in [0.717, 1.165) is 24.0 Å². The molecule has 0 spiro atoms. The van der Waals surface area contributed by atoms with E-state index in [4.69, 9.17) is 19.2 Å². The third-order valence-electron chi connectivity index (χ3n) is 6.87. The van der Waals surface area contributed by atoms with Crippen molar-refractivity contribution in [1.29, 1.82) is 0 Å². The molecule has 42 heavy (non-hydrogen) atoms. The minimum Gasteiger partial charge on any atom is -0.507 e. The molecule has 1 aliphatic rings. The van der Waals surface area contributed by atoms with Gasteiger partial charge in [0.25, 0.3) is 5.78 Å². The van der Waals surface area contributed by atoms with Crippen LogP contribution in [-0.2, 0) is 9.59 Å². The van der Waals surface area contributed by atoms with Crippen LogP contribution in [0.2, 0.25) is 0 Å². The number of carbonyl (C=O) groups is 2. The zero-order chi connectivity index (χ0) is 29.6.